The number of rotatable bonds is 1. The molecule has 0 N–H and O–H groups in total. The van der Waals surface area contributed by atoms with Crippen LogP contribution in [0.2, 0.25) is 0 Å². The minimum atomic E-state index is 0.279. The Morgan fingerprint density at radius 2 is 1.27 bits per heavy atom. The summed E-state index contributed by atoms with van der Waals surface area (Å²) in [6.07, 6.45) is 6.59. The van der Waals surface area contributed by atoms with Gasteiger partial charge in [-0.3, -0.25) is 0 Å². The van der Waals surface area contributed by atoms with Gasteiger partial charge in [-0.25, -0.2) is 0 Å². The van der Waals surface area contributed by atoms with E-state index in [-0.39, 0.29) is 6.71 Å². The first-order valence-electron chi connectivity index (χ1n) is 9.24. The maximum atomic E-state index is 5.56. The van der Waals surface area contributed by atoms with Gasteiger partial charge < -0.3 is 0 Å². The summed E-state index contributed by atoms with van der Waals surface area (Å²) in [5, 5.41) is 0. The third-order valence-electron chi connectivity index (χ3n) is 5.60. The van der Waals surface area contributed by atoms with Gasteiger partial charge in [0.25, 0.3) is 0 Å². The van der Waals surface area contributed by atoms with E-state index in [1.165, 1.54) is 49.8 Å². The van der Waals surface area contributed by atoms with Gasteiger partial charge in [0.05, 0.1) is 0 Å². The molecule has 0 unspecified atom stereocenters. The summed E-state index contributed by atoms with van der Waals surface area (Å²) < 4.78 is 0. The van der Waals surface area contributed by atoms with Crippen molar-refractivity contribution >= 4 is 23.1 Å². The third-order valence-corrected chi connectivity index (χ3v) is 5.60. The molecule has 0 aromatic heterocycles. The van der Waals surface area contributed by atoms with Crippen molar-refractivity contribution in [2.24, 2.45) is 0 Å². The van der Waals surface area contributed by atoms with Crippen LogP contribution in [-0.2, 0) is 6.42 Å². The highest BCUT2D eigenvalue weighted by Crippen LogP contribution is 2.21. The van der Waals surface area contributed by atoms with Gasteiger partial charge in [0.15, 0.2) is 0 Å². The average molecular weight is 334 g/mol. The minimum Gasteiger partial charge on any atom is -0.115 e. The number of hydrogen-bond acceptors (Lipinski definition) is 0. The Kier molecular flexibility index (Phi) is 4.00. The molecule has 0 spiro atoms. The van der Waals surface area contributed by atoms with Gasteiger partial charge in [-0.1, -0.05) is 81.0 Å². The van der Waals surface area contributed by atoms with Crippen LogP contribution in [0.1, 0.15) is 38.9 Å². The van der Waals surface area contributed by atoms with E-state index < -0.39 is 0 Å². The zero-order valence-corrected chi connectivity index (χ0v) is 16.0. The van der Waals surface area contributed by atoms with Crippen LogP contribution >= 0.6 is 0 Å². The van der Waals surface area contributed by atoms with E-state index in [2.05, 4.69) is 82.1 Å². The van der Waals surface area contributed by atoms with Crippen LogP contribution in [-0.4, -0.2) is 6.71 Å². The zero-order valence-electron chi connectivity index (χ0n) is 16.0. The van der Waals surface area contributed by atoms with Crippen LogP contribution in [0.15, 0.2) is 48.5 Å². The van der Waals surface area contributed by atoms with Gasteiger partial charge in [0, 0.05) is 5.56 Å². The summed E-state index contributed by atoms with van der Waals surface area (Å²) in [7, 11) is 0. The SMILES string of the molecule is C#Cc1ccc(B2c3c(C)cc(C)cc3Cc3cc(C)cc(C)c32)cc1. The van der Waals surface area contributed by atoms with Crippen molar-refractivity contribution in [3.63, 3.8) is 0 Å². The first kappa shape index (κ1) is 16.7. The van der Waals surface area contributed by atoms with Gasteiger partial charge in [-0.05, 0) is 57.4 Å². The molecule has 0 amide bonds. The molecule has 126 valence electrons. The molecule has 0 saturated carbocycles. The predicted octanol–water partition coefficient (Wildman–Crippen LogP) is 3.32. The molecule has 0 aliphatic carbocycles. The molecule has 1 heterocycles. The lowest BCUT2D eigenvalue weighted by atomic mass is 9.32. The van der Waals surface area contributed by atoms with Crippen LogP contribution in [0, 0.1) is 40.0 Å². The molecule has 26 heavy (non-hydrogen) atoms. The highest BCUT2D eigenvalue weighted by atomic mass is 14.2. The van der Waals surface area contributed by atoms with Gasteiger partial charge in [0.1, 0.15) is 0 Å². The minimum absolute atomic E-state index is 0.279. The lowest BCUT2D eigenvalue weighted by Gasteiger charge is -2.31. The fourth-order valence-corrected chi connectivity index (χ4v) is 4.71. The molecular formula is C25H23B. The number of hydrogen-bond donors (Lipinski definition) is 0. The number of benzene rings is 3. The number of terminal acetylenes is 1. The summed E-state index contributed by atoms with van der Waals surface area (Å²) in [4.78, 5) is 0. The normalized spacial score (nSPS) is 12.3. The predicted molar refractivity (Wildman–Crippen MR) is 114 cm³/mol. The van der Waals surface area contributed by atoms with Crippen LogP contribution < -0.4 is 16.4 Å². The van der Waals surface area contributed by atoms with E-state index >= 15 is 0 Å². The summed E-state index contributed by atoms with van der Waals surface area (Å²) in [6.45, 7) is 9.18. The van der Waals surface area contributed by atoms with Crippen molar-refractivity contribution in [2.45, 2.75) is 34.1 Å². The maximum Gasteiger partial charge on any atom is 0.242 e. The van der Waals surface area contributed by atoms with Gasteiger partial charge in [-0.2, -0.15) is 0 Å². The Bertz CT molecular complexity index is 991. The topological polar surface area (TPSA) is 0 Å². The fraction of sp³-hybridized carbons (Fsp3) is 0.200. The highest BCUT2D eigenvalue weighted by molar-refractivity contribution is 6.97. The second kappa shape index (κ2) is 6.22. The van der Waals surface area contributed by atoms with Crippen molar-refractivity contribution < 1.29 is 0 Å². The molecular weight excluding hydrogens is 311 g/mol. The van der Waals surface area contributed by atoms with Crippen molar-refractivity contribution in [2.75, 3.05) is 0 Å². The first-order valence-corrected chi connectivity index (χ1v) is 9.24. The lowest BCUT2D eigenvalue weighted by molar-refractivity contribution is 1.16. The van der Waals surface area contributed by atoms with E-state index in [0.717, 1.165) is 12.0 Å². The van der Waals surface area contributed by atoms with Crippen LogP contribution in [0.4, 0.5) is 0 Å². The molecule has 0 bridgehead atoms. The van der Waals surface area contributed by atoms with Gasteiger partial charge in [0.2, 0.25) is 6.71 Å². The van der Waals surface area contributed by atoms with E-state index in [4.69, 9.17) is 6.42 Å². The number of aryl methyl sites for hydroxylation is 4. The third kappa shape index (κ3) is 2.67. The summed E-state index contributed by atoms with van der Waals surface area (Å²) in [5.41, 5.74) is 13.6. The Labute approximate surface area is 157 Å². The molecule has 1 aliphatic rings. The summed E-state index contributed by atoms with van der Waals surface area (Å²) >= 11 is 0. The van der Waals surface area contributed by atoms with Gasteiger partial charge >= 0.3 is 0 Å². The van der Waals surface area contributed by atoms with E-state index in [1.807, 2.05) is 0 Å². The van der Waals surface area contributed by atoms with Crippen LogP contribution in [0.3, 0.4) is 0 Å². The second-order valence-electron chi connectivity index (χ2n) is 7.69. The van der Waals surface area contributed by atoms with Crippen molar-refractivity contribution in [1.29, 1.82) is 0 Å². The highest BCUT2D eigenvalue weighted by Gasteiger charge is 2.33. The van der Waals surface area contributed by atoms with Gasteiger partial charge in [-0.15, -0.1) is 6.42 Å². The molecule has 0 nitrogen and oxygen atoms in total. The molecule has 0 radical (unpaired) electrons. The Morgan fingerprint density at radius 3 is 1.73 bits per heavy atom. The molecule has 0 atom stereocenters. The zero-order chi connectivity index (χ0) is 18.4. The summed E-state index contributed by atoms with van der Waals surface area (Å²) in [5.74, 6) is 2.73. The molecule has 0 fully saturated rings. The maximum absolute atomic E-state index is 5.56. The average Bonchev–Trinajstić information content (AvgIpc) is 2.59. The van der Waals surface area contributed by atoms with Crippen molar-refractivity contribution in [3.8, 4) is 12.3 Å². The van der Waals surface area contributed by atoms with Crippen LogP contribution in [0.5, 0.6) is 0 Å². The van der Waals surface area contributed by atoms with Crippen molar-refractivity contribution in [3.05, 3.63) is 87.5 Å². The standard InChI is InChI=1S/C25H23B/c1-6-20-7-9-23(10-8-20)26-24-18(4)11-16(2)13-21(24)15-22-14-17(3)12-19(5)25(22)26/h1,7-14H,15H2,2-5H3. The van der Waals surface area contributed by atoms with Crippen LogP contribution in [0.25, 0.3) is 0 Å². The molecule has 1 aliphatic heterocycles. The second-order valence-corrected chi connectivity index (χ2v) is 7.69. The first-order chi connectivity index (χ1) is 12.5. The Balaban J connectivity index is 2.02. The van der Waals surface area contributed by atoms with E-state index in [0.29, 0.717) is 0 Å². The van der Waals surface area contributed by atoms with E-state index in [1.54, 1.807) is 0 Å². The monoisotopic (exact) mass is 334 g/mol. The molecule has 4 rings (SSSR count). The van der Waals surface area contributed by atoms with E-state index in [9.17, 15) is 0 Å². The Morgan fingerprint density at radius 1 is 0.769 bits per heavy atom. The molecule has 1 heteroatoms. The molecule has 0 saturated heterocycles. The number of fused-ring (bicyclic) bond motifs is 2. The molecule has 3 aromatic rings. The lowest BCUT2D eigenvalue weighted by Crippen LogP contribution is -2.58. The smallest absolute Gasteiger partial charge is 0.115 e. The Hall–Kier alpha value is -2.72. The van der Waals surface area contributed by atoms with Crippen molar-refractivity contribution in [1.82, 2.24) is 0 Å². The molecule has 3 aromatic carbocycles. The fourth-order valence-electron chi connectivity index (χ4n) is 4.71. The summed E-state index contributed by atoms with van der Waals surface area (Å²) in [6, 6.07) is 17.9. The largest absolute Gasteiger partial charge is 0.242 e. The quantitative estimate of drug-likeness (QED) is 0.370.